The lowest BCUT2D eigenvalue weighted by molar-refractivity contribution is 0.462. The van der Waals surface area contributed by atoms with E-state index in [4.69, 9.17) is 5.84 Å². The lowest BCUT2D eigenvalue weighted by atomic mass is 10.3. The average Bonchev–Trinajstić information content (AvgIpc) is 2.48. The number of pyridine rings is 2. The van der Waals surface area contributed by atoms with Gasteiger partial charge in [0.15, 0.2) is 5.82 Å². The smallest absolute Gasteiger partial charge is 0.246 e. The molecule has 2 aromatic heterocycles. The number of nitrogens with one attached hydrogen (secondary N) is 1. The van der Waals surface area contributed by atoms with Crippen molar-refractivity contribution in [2.24, 2.45) is 5.84 Å². The van der Waals surface area contributed by atoms with E-state index < -0.39 is 10.0 Å². The fraction of sp³-hybridized carbons (Fsp3) is 0.167. The van der Waals surface area contributed by atoms with Gasteiger partial charge in [-0.15, -0.1) is 0 Å². The quantitative estimate of drug-likeness (QED) is 0.618. The molecule has 0 saturated heterocycles. The summed E-state index contributed by atoms with van der Waals surface area (Å²) in [6.45, 7) is 0.169. The molecular formula is C12H15N5O2S. The molecule has 8 heteroatoms. The predicted molar refractivity (Wildman–Crippen MR) is 74.9 cm³/mol. The summed E-state index contributed by atoms with van der Waals surface area (Å²) in [5.41, 5.74) is 2.94. The van der Waals surface area contributed by atoms with Gasteiger partial charge in [-0.2, -0.15) is 4.31 Å². The first-order valence-corrected chi connectivity index (χ1v) is 7.27. The summed E-state index contributed by atoms with van der Waals surface area (Å²) in [4.78, 5) is 8.03. The molecule has 0 aliphatic carbocycles. The highest BCUT2D eigenvalue weighted by Gasteiger charge is 2.24. The van der Waals surface area contributed by atoms with Crippen molar-refractivity contribution in [3.05, 3.63) is 48.4 Å². The molecule has 0 aliphatic heterocycles. The van der Waals surface area contributed by atoms with E-state index in [2.05, 4.69) is 15.4 Å². The van der Waals surface area contributed by atoms with Gasteiger partial charge in [-0.1, -0.05) is 6.07 Å². The van der Waals surface area contributed by atoms with Crippen LogP contribution in [0.5, 0.6) is 0 Å². The number of nitrogen functional groups attached to an aromatic ring is 1. The fourth-order valence-corrected chi connectivity index (χ4v) is 2.92. The molecule has 0 aromatic carbocycles. The molecule has 2 rings (SSSR count). The normalized spacial score (nSPS) is 11.6. The first-order valence-electron chi connectivity index (χ1n) is 5.83. The number of rotatable bonds is 5. The summed E-state index contributed by atoms with van der Waals surface area (Å²) < 4.78 is 26.2. The largest absolute Gasteiger partial charge is 0.307 e. The molecule has 0 unspecified atom stereocenters. The van der Waals surface area contributed by atoms with E-state index >= 15 is 0 Å². The lowest BCUT2D eigenvalue weighted by Crippen LogP contribution is -2.28. The molecule has 0 aliphatic rings. The van der Waals surface area contributed by atoms with Crippen LogP contribution in [-0.2, 0) is 16.6 Å². The Labute approximate surface area is 117 Å². The maximum Gasteiger partial charge on any atom is 0.246 e. The molecule has 0 radical (unpaired) electrons. The standard InChI is InChI=1S/C12H15N5O2S/c1-17(9-10-5-2-3-7-14-10)20(18,19)11-6-4-8-15-12(11)16-13/h2-8H,9,13H2,1H3,(H,15,16). The number of hydrogen-bond donors (Lipinski definition) is 2. The third-order valence-electron chi connectivity index (χ3n) is 2.71. The first-order chi connectivity index (χ1) is 9.55. The van der Waals surface area contributed by atoms with E-state index in [1.807, 2.05) is 0 Å². The minimum Gasteiger partial charge on any atom is -0.307 e. The van der Waals surface area contributed by atoms with Crippen LogP contribution in [0.15, 0.2) is 47.6 Å². The minimum atomic E-state index is -3.69. The van der Waals surface area contributed by atoms with Gasteiger partial charge in [0.05, 0.1) is 12.2 Å². The van der Waals surface area contributed by atoms with Crippen LogP contribution in [-0.4, -0.2) is 29.7 Å². The average molecular weight is 293 g/mol. The van der Waals surface area contributed by atoms with Crippen molar-refractivity contribution in [2.45, 2.75) is 11.4 Å². The molecule has 2 heterocycles. The summed E-state index contributed by atoms with van der Waals surface area (Å²) >= 11 is 0. The third kappa shape index (κ3) is 2.93. The lowest BCUT2D eigenvalue weighted by Gasteiger charge is -2.18. The molecule has 0 saturated carbocycles. The van der Waals surface area contributed by atoms with Gasteiger partial charge in [-0.3, -0.25) is 4.98 Å². The maximum absolute atomic E-state index is 12.5. The number of sulfonamides is 1. The summed E-state index contributed by atoms with van der Waals surface area (Å²) in [6, 6.07) is 8.33. The molecule has 20 heavy (non-hydrogen) atoms. The SMILES string of the molecule is CN(Cc1ccccn1)S(=O)(=O)c1cccnc1NN. The van der Waals surface area contributed by atoms with Crippen molar-refractivity contribution in [3.63, 3.8) is 0 Å². The highest BCUT2D eigenvalue weighted by Crippen LogP contribution is 2.21. The van der Waals surface area contributed by atoms with Crippen molar-refractivity contribution >= 4 is 15.8 Å². The maximum atomic E-state index is 12.5. The van der Waals surface area contributed by atoms with Crippen molar-refractivity contribution in [2.75, 3.05) is 12.5 Å². The summed E-state index contributed by atoms with van der Waals surface area (Å²) in [6.07, 6.45) is 3.08. The highest BCUT2D eigenvalue weighted by atomic mass is 32.2. The van der Waals surface area contributed by atoms with Gasteiger partial charge in [0.1, 0.15) is 4.90 Å². The zero-order valence-corrected chi connectivity index (χ0v) is 11.7. The van der Waals surface area contributed by atoms with Gasteiger partial charge < -0.3 is 5.43 Å². The van der Waals surface area contributed by atoms with Crippen LogP contribution < -0.4 is 11.3 Å². The van der Waals surface area contributed by atoms with E-state index in [1.165, 1.54) is 23.6 Å². The van der Waals surface area contributed by atoms with Crippen LogP contribution in [0.1, 0.15) is 5.69 Å². The van der Waals surface area contributed by atoms with Gasteiger partial charge in [-0.25, -0.2) is 19.2 Å². The number of nitrogens with zero attached hydrogens (tertiary/aromatic N) is 3. The Hall–Kier alpha value is -2.03. The summed E-state index contributed by atoms with van der Waals surface area (Å²) in [5.74, 6) is 5.40. The Morgan fingerprint density at radius 3 is 2.60 bits per heavy atom. The van der Waals surface area contributed by atoms with Gasteiger partial charge in [0, 0.05) is 19.4 Å². The molecule has 2 aromatic rings. The van der Waals surface area contributed by atoms with Crippen LogP contribution in [0, 0.1) is 0 Å². The topological polar surface area (TPSA) is 101 Å². The number of nitrogens with two attached hydrogens (primary N) is 1. The van der Waals surface area contributed by atoms with E-state index in [9.17, 15) is 8.42 Å². The first kappa shape index (κ1) is 14.4. The number of hydrazine groups is 1. The minimum absolute atomic E-state index is 0.0286. The second kappa shape index (κ2) is 5.95. The van der Waals surface area contributed by atoms with Gasteiger partial charge in [0.25, 0.3) is 0 Å². The van der Waals surface area contributed by atoms with Crippen molar-refractivity contribution < 1.29 is 8.42 Å². The Kier molecular flexibility index (Phi) is 4.28. The van der Waals surface area contributed by atoms with Gasteiger partial charge in [-0.05, 0) is 24.3 Å². The van der Waals surface area contributed by atoms with Crippen molar-refractivity contribution in [1.82, 2.24) is 14.3 Å². The third-order valence-corrected chi connectivity index (χ3v) is 4.54. The summed E-state index contributed by atoms with van der Waals surface area (Å²) in [5, 5.41) is 0. The second-order valence-corrected chi connectivity index (χ2v) is 6.09. The van der Waals surface area contributed by atoms with E-state index in [0.29, 0.717) is 5.69 Å². The Bertz CT molecular complexity index is 675. The molecule has 0 fully saturated rings. The molecule has 0 amide bonds. The van der Waals surface area contributed by atoms with Crippen molar-refractivity contribution in [1.29, 1.82) is 0 Å². The number of aromatic nitrogens is 2. The summed E-state index contributed by atoms with van der Waals surface area (Å²) in [7, 11) is -2.21. The molecular weight excluding hydrogens is 278 g/mol. The molecule has 0 spiro atoms. The van der Waals surface area contributed by atoms with Crippen LogP contribution in [0.2, 0.25) is 0 Å². The Balaban J connectivity index is 2.30. The number of anilines is 1. The van der Waals surface area contributed by atoms with Gasteiger partial charge >= 0.3 is 0 Å². The van der Waals surface area contributed by atoms with Gasteiger partial charge in [0.2, 0.25) is 10.0 Å². The Morgan fingerprint density at radius 2 is 1.95 bits per heavy atom. The van der Waals surface area contributed by atoms with E-state index in [-0.39, 0.29) is 17.3 Å². The van der Waals surface area contributed by atoms with Crippen LogP contribution in [0.4, 0.5) is 5.82 Å². The van der Waals surface area contributed by atoms with Crippen molar-refractivity contribution in [3.8, 4) is 0 Å². The molecule has 106 valence electrons. The van der Waals surface area contributed by atoms with E-state index in [1.54, 1.807) is 30.5 Å². The Morgan fingerprint density at radius 1 is 1.20 bits per heavy atom. The zero-order chi connectivity index (χ0) is 14.6. The molecule has 0 atom stereocenters. The molecule has 7 nitrogen and oxygen atoms in total. The van der Waals surface area contributed by atoms with Crippen LogP contribution in [0.25, 0.3) is 0 Å². The zero-order valence-electron chi connectivity index (χ0n) is 10.9. The van der Waals surface area contributed by atoms with E-state index in [0.717, 1.165) is 0 Å². The van der Waals surface area contributed by atoms with Crippen LogP contribution >= 0.6 is 0 Å². The predicted octanol–water partition coefficient (Wildman–Crippen LogP) is 0.583. The second-order valence-electron chi connectivity index (χ2n) is 4.08. The van der Waals surface area contributed by atoms with Crippen LogP contribution in [0.3, 0.4) is 0 Å². The molecule has 3 N–H and O–H groups in total. The fourth-order valence-electron chi connectivity index (χ4n) is 1.68. The monoisotopic (exact) mass is 293 g/mol. The highest BCUT2D eigenvalue weighted by molar-refractivity contribution is 7.89. The number of hydrogen-bond acceptors (Lipinski definition) is 6. The molecule has 0 bridgehead atoms.